The van der Waals surface area contributed by atoms with Crippen LogP contribution in [0.5, 0.6) is 5.75 Å². The zero-order valence-electron chi connectivity index (χ0n) is 13.7. The van der Waals surface area contributed by atoms with E-state index in [1.807, 2.05) is 18.3 Å². The first-order valence-corrected chi connectivity index (χ1v) is 8.52. The Morgan fingerprint density at radius 2 is 1.78 bits per heavy atom. The van der Waals surface area contributed by atoms with E-state index in [4.69, 9.17) is 0 Å². The van der Waals surface area contributed by atoms with E-state index < -0.39 is 6.36 Å². The summed E-state index contributed by atoms with van der Waals surface area (Å²) in [6.45, 7) is 0.564. The highest BCUT2D eigenvalue weighted by molar-refractivity contribution is 9.10. The quantitative estimate of drug-likeness (QED) is 0.618. The second-order valence-corrected chi connectivity index (χ2v) is 6.50. The van der Waals surface area contributed by atoms with E-state index in [9.17, 15) is 18.0 Å². The van der Waals surface area contributed by atoms with E-state index >= 15 is 0 Å². The lowest BCUT2D eigenvalue weighted by Gasteiger charge is -2.10. The second-order valence-electron chi connectivity index (χ2n) is 5.58. The maximum Gasteiger partial charge on any atom is 0.573 e. The minimum absolute atomic E-state index is 0.352. The number of aromatic nitrogens is 2. The largest absolute Gasteiger partial charge is 0.573 e. The van der Waals surface area contributed by atoms with Crippen LogP contribution in [-0.2, 0) is 6.54 Å². The van der Waals surface area contributed by atoms with Gasteiger partial charge in [-0.05, 0) is 57.9 Å². The minimum Gasteiger partial charge on any atom is -0.406 e. The van der Waals surface area contributed by atoms with Crippen LogP contribution in [0.3, 0.4) is 0 Å². The van der Waals surface area contributed by atoms with Crippen LogP contribution in [0.2, 0.25) is 0 Å². The smallest absolute Gasteiger partial charge is 0.406 e. The van der Waals surface area contributed by atoms with E-state index in [0.29, 0.717) is 17.8 Å². The highest BCUT2D eigenvalue weighted by Crippen LogP contribution is 2.24. The molecule has 1 N–H and O–H groups in total. The number of alkyl halides is 3. The van der Waals surface area contributed by atoms with Crippen LogP contribution in [0.15, 0.2) is 65.4 Å². The van der Waals surface area contributed by atoms with Gasteiger partial charge in [-0.25, -0.2) is 0 Å². The third-order valence-corrected chi connectivity index (χ3v) is 3.92. The first kappa shape index (κ1) is 19.0. The lowest BCUT2D eigenvalue weighted by molar-refractivity contribution is -0.274. The molecule has 1 heterocycles. The number of halogens is 4. The number of nitrogens with zero attached hydrogens (tertiary/aromatic N) is 2. The molecule has 0 spiro atoms. The number of amides is 1. The number of nitrogens with one attached hydrogen (secondary N) is 1. The lowest BCUT2D eigenvalue weighted by Crippen LogP contribution is -2.17. The number of anilines is 1. The van der Waals surface area contributed by atoms with Crippen molar-refractivity contribution in [3.63, 3.8) is 0 Å². The van der Waals surface area contributed by atoms with Crippen molar-refractivity contribution in [2.24, 2.45) is 0 Å². The van der Waals surface area contributed by atoms with Gasteiger partial charge < -0.3 is 10.1 Å². The van der Waals surface area contributed by atoms with E-state index in [0.717, 1.165) is 22.2 Å². The number of hydrogen-bond donors (Lipinski definition) is 1. The summed E-state index contributed by atoms with van der Waals surface area (Å²) in [5.74, 6) is -0.719. The molecule has 0 saturated heterocycles. The first-order chi connectivity index (χ1) is 12.8. The van der Waals surface area contributed by atoms with Crippen LogP contribution in [0, 0.1) is 0 Å². The van der Waals surface area contributed by atoms with Gasteiger partial charge in [0.05, 0.1) is 17.2 Å². The van der Waals surface area contributed by atoms with Gasteiger partial charge in [-0.1, -0.05) is 12.1 Å². The minimum atomic E-state index is -4.75. The Bertz CT molecular complexity index is 922. The molecule has 0 aliphatic rings. The molecular weight excluding hydrogens is 427 g/mol. The van der Waals surface area contributed by atoms with Gasteiger partial charge in [0.25, 0.3) is 5.91 Å². The predicted octanol–water partition coefficient (Wildman–Crippen LogP) is 4.84. The van der Waals surface area contributed by atoms with Crippen molar-refractivity contribution in [1.29, 1.82) is 0 Å². The Balaban J connectivity index is 1.60. The van der Waals surface area contributed by atoms with Gasteiger partial charge >= 0.3 is 6.36 Å². The number of benzene rings is 2. The Labute approximate surface area is 160 Å². The Morgan fingerprint density at radius 1 is 1.11 bits per heavy atom. The molecule has 9 heteroatoms. The van der Waals surface area contributed by atoms with E-state index in [-0.39, 0.29) is 11.7 Å². The summed E-state index contributed by atoms with van der Waals surface area (Å²) in [7, 11) is 0. The normalized spacial score (nSPS) is 11.3. The van der Waals surface area contributed by atoms with Gasteiger partial charge in [-0.3, -0.25) is 9.48 Å². The number of hydrogen-bond acceptors (Lipinski definition) is 3. The van der Waals surface area contributed by atoms with Crippen molar-refractivity contribution >= 4 is 27.5 Å². The molecule has 0 unspecified atom stereocenters. The van der Waals surface area contributed by atoms with Crippen LogP contribution in [-0.4, -0.2) is 22.1 Å². The summed E-state index contributed by atoms with van der Waals surface area (Å²) < 4.78 is 42.9. The fourth-order valence-electron chi connectivity index (χ4n) is 2.32. The maximum absolute atomic E-state index is 12.3. The van der Waals surface area contributed by atoms with Crippen molar-refractivity contribution in [3.8, 4) is 5.75 Å². The van der Waals surface area contributed by atoms with Gasteiger partial charge in [0, 0.05) is 17.4 Å². The molecule has 1 aromatic heterocycles. The molecule has 3 rings (SSSR count). The van der Waals surface area contributed by atoms with Crippen LogP contribution < -0.4 is 10.1 Å². The number of carbonyl (C=O) groups excluding carboxylic acids is 1. The van der Waals surface area contributed by atoms with Crippen LogP contribution in [0.25, 0.3) is 0 Å². The van der Waals surface area contributed by atoms with E-state index in [1.165, 1.54) is 12.1 Å². The Kier molecular flexibility index (Phi) is 5.50. The topological polar surface area (TPSA) is 56.1 Å². The van der Waals surface area contributed by atoms with Crippen LogP contribution in [0.4, 0.5) is 18.9 Å². The monoisotopic (exact) mass is 439 g/mol. The van der Waals surface area contributed by atoms with Crippen molar-refractivity contribution in [2.75, 3.05) is 5.32 Å². The highest BCUT2D eigenvalue weighted by Gasteiger charge is 2.30. The molecule has 27 heavy (non-hydrogen) atoms. The van der Waals surface area contributed by atoms with Gasteiger partial charge in [-0.2, -0.15) is 5.10 Å². The highest BCUT2D eigenvalue weighted by atomic mass is 79.9. The number of rotatable bonds is 5. The molecule has 5 nitrogen and oxygen atoms in total. The number of carbonyl (C=O) groups is 1. The Hall–Kier alpha value is -2.81. The third kappa shape index (κ3) is 5.58. The van der Waals surface area contributed by atoms with Crippen molar-refractivity contribution < 1.29 is 22.7 Å². The maximum atomic E-state index is 12.3. The fourth-order valence-corrected chi connectivity index (χ4v) is 2.64. The molecule has 0 atom stereocenters. The van der Waals surface area contributed by atoms with E-state index in [2.05, 4.69) is 31.1 Å². The standard InChI is InChI=1S/C18H13BrF3N3O2/c19-14-9-23-25(11-14)10-12-1-3-13(4-2-12)17(26)24-15-5-7-16(8-6-15)27-18(20,21)22/h1-9,11H,10H2,(H,24,26). The summed E-state index contributed by atoms with van der Waals surface area (Å²) >= 11 is 3.33. The summed E-state index contributed by atoms with van der Waals surface area (Å²) in [5, 5.41) is 6.78. The molecule has 140 valence electrons. The van der Waals surface area contributed by atoms with Crippen molar-refractivity contribution in [1.82, 2.24) is 9.78 Å². The average Bonchev–Trinajstić information content (AvgIpc) is 3.01. The summed E-state index contributed by atoms with van der Waals surface area (Å²) in [6, 6.07) is 11.9. The molecule has 0 fully saturated rings. The molecule has 0 bridgehead atoms. The van der Waals surface area contributed by atoms with Gasteiger partial charge in [0.2, 0.25) is 0 Å². The fraction of sp³-hybridized carbons (Fsp3) is 0.111. The Morgan fingerprint density at radius 3 is 2.33 bits per heavy atom. The van der Waals surface area contributed by atoms with Gasteiger partial charge in [0.15, 0.2) is 0 Å². The zero-order chi connectivity index (χ0) is 19.4. The first-order valence-electron chi connectivity index (χ1n) is 7.72. The van der Waals surface area contributed by atoms with Crippen molar-refractivity contribution in [3.05, 3.63) is 76.5 Å². The predicted molar refractivity (Wildman–Crippen MR) is 96.5 cm³/mol. The summed E-state index contributed by atoms with van der Waals surface area (Å²) in [6.07, 6.45) is -1.22. The zero-order valence-corrected chi connectivity index (χ0v) is 15.3. The number of ether oxygens (including phenoxy) is 1. The average molecular weight is 440 g/mol. The van der Waals surface area contributed by atoms with Crippen LogP contribution >= 0.6 is 15.9 Å². The third-order valence-electron chi connectivity index (χ3n) is 3.51. The summed E-state index contributed by atoms with van der Waals surface area (Å²) in [5.41, 5.74) is 1.76. The molecule has 0 aliphatic carbocycles. The molecule has 0 aliphatic heterocycles. The molecule has 0 radical (unpaired) electrons. The molecular formula is C18H13BrF3N3O2. The van der Waals surface area contributed by atoms with Crippen LogP contribution in [0.1, 0.15) is 15.9 Å². The van der Waals surface area contributed by atoms with Gasteiger partial charge in [-0.15, -0.1) is 13.2 Å². The molecule has 2 aromatic carbocycles. The molecule has 0 saturated carbocycles. The molecule has 3 aromatic rings. The second kappa shape index (κ2) is 7.83. The SMILES string of the molecule is O=C(Nc1ccc(OC(F)(F)F)cc1)c1ccc(Cn2cc(Br)cn2)cc1. The lowest BCUT2D eigenvalue weighted by atomic mass is 10.1. The summed E-state index contributed by atoms with van der Waals surface area (Å²) in [4.78, 5) is 12.3. The van der Waals surface area contributed by atoms with E-state index in [1.54, 1.807) is 23.0 Å². The van der Waals surface area contributed by atoms with Crippen molar-refractivity contribution in [2.45, 2.75) is 12.9 Å². The molecule has 1 amide bonds. The van der Waals surface area contributed by atoms with Gasteiger partial charge in [0.1, 0.15) is 5.75 Å².